The maximum Gasteiger partial charge on any atom is 0.255 e. The molecule has 1 aromatic rings. The molecular weight excluding hydrogens is 208 g/mol. The Morgan fingerprint density at radius 1 is 1.44 bits per heavy atom. The number of hydrogen-bond donors (Lipinski definition) is 2. The monoisotopic (exact) mass is 224 g/mol. The summed E-state index contributed by atoms with van der Waals surface area (Å²) in [6.07, 6.45) is 3.49. The Morgan fingerprint density at radius 3 is 2.75 bits per heavy atom. The van der Waals surface area contributed by atoms with Gasteiger partial charge < -0.3 is 15.1 Å². The minimum absolute atomic E-state index is 0.0358. The Morgan fingerprint density at radius 2 is 2.19 bits per heavy atom. The first-order valence-electron chi connectivity index (χ1n) is 5.23. The molecule has 1 rings (SSSR count). The molecule has 0 spiro atoms. The van der Waals surface area contributed by atoms with Crippen molar-refractivity contribution in [2.75, 3.05) is 19.7 Å². The van der Waals surface area contributed by atoms with Gasteiger partial charge in [0.2, 0.25) is 0 Å². The van der Waals surface area contributed by atoms with Gasteiger partial charge >= 0.3 is 0 Å². The van der Waals surface area contributed by atoms with Crippen molar-refractivity contribution in [3.8, 4) is 5.75 Å². The van der Waals surface area contributed by atoms with E-state index in [0.717, 1.165) is 6.42 Å². The lowest BCUT2D eigenvalue weighted by Gasteiger charge is -2.20. The topological polar surface area (TPSA) is 73.7 Å². The van der Waals surface area contributed by atoms with Crippen LogP contribution in [0.25, 0.3) is 0 Å². The summed E-state index contributed by atoms with van der Waals surface area (Å²) in [6.45, 7) is 2.76. The second-order valence-corrected chi connectivity index (χ2v) is 3.45. The van der Waals surface area contributed by atoms with Gasteiger partial charge in [-0.2, -0.15) is 0 Å². The number of aromatic hydroxyl groups is 1. The van der Waals surface area contributed by atoms with Crippen molar-refractivity contribution in [1.29, 1.82) is 0 Å². The summed E-state index contributed by atoms with van der Waals surface area (Å²) < 4.78 is 0. The summed E-state index contributed by atoms with van der Waals surface area (Å²) in [7, 11) is 0. The van der Waals surface area contributed by atoms with Gasteiger partial charge in [0.15, 0.2) is 0 Å². The molecule has 1 heterocycles. The number of aliphatic hydroxyl groups excluding tert-OH is 1. The maximum atomic E-state index is 11.9. The summed E-state index contributed by atoms with van der Waals surface area (Å²) in [5.41, 5.74) is 0.335. The van der Waals surface area contributed by atoms with Crippen molar-refractivity contribution in [3.63, 3.8) is 0 Å². The van der Waals surface area contributed by atoms with Crippen LogP contribution in [0.3, 0.4) is 0 Å². The van der Waals surface area contributed by atoms with Gasteiger partial charge in [-0.1, -0.05) is 6.92 Å². The molecule has 2 N–H and O–H groups in total. The van der Waals surface area contributed by atoms with Crippen molar-refractivity contribution < 1.29 is 15.0 Å². The number of amides is 1. The molecule has 0 aliphatic carbocycles. The van der Waals surface area contributed by atoms with Gasteiger partial charge in [-0.25, -0.2) is 0 Å². The predicted octanol–water partition coefficient (Wildman–Crippen LogP) is 0.632. The first-order valence-corrected chi connectivity index (χ1v) is 5.23. The van der Waals surface area contributed by atoms with Gasteiger partial charge in [0.25, 0.3) is 5.91 Å². The highest BCUT2D eigenvalue weighted by Crippen LogP contribution is 2.11. The second-order valence-electron chi connectivity index (χ2n) is 3.45. The Balaban J connectivity index is 2.81. The number of nitrogens with zero attached hydrogens (tertiary/aromatic N) is 2. The lowest BCUT2D eigenvalue weighted by atomic mass is 10.2. The molecule has 0 aliphatic heterocycles. The van der Waals surface area contributed by atoms with E-state index in [4.69, 9.17) is 5.11 Å². The normalized spacial score (nSPS) is 10.1. The third-order valence-corrected chi connectivity index (χ3v) is 2.12. The molecule has 1 amide bonds. The lowest BCUT2D eigenvalue weighted by Crippen LogP contribution is -2.34. The molecule has 1 aromatic heterocycles. The predicted molar refractivity (Wildman–Crippen MR) is 59.2 cm³/mol. The number of pyridine rings is 1. The van der Waals surface area contributed by atoms with E-state index in [0.29, 0.717) is 18.7 Å². The van der Waals surface area contributed by atoms with E-state index in [1.165, 1.54) is 23.4 Å². The van der Waals surface area contributed by atoms with Gasteiger partial charge in [0, 0.05) is 19.3 Å². The Labute approximate surface area is 94.4 Å². The number of carbonyl (C=O) groups excluding carboxylic acids is 1. The van der Waals surface area contributed by atoms with Crippen LogP contribution in [-0.4, -0.2) is 45.7 Å². The highest BCUT2D eigenvalue weighted by Gasteiger charge is 2.14. The third kappa shape index (κ3) is 3.20. The van der Waals surface area contributed by atoms with E-state index < -0.39 is 0 Å². The Bertz CT molecular complexity index is 349. The van der Waals surface area contributed by atoms with Crippen LogP contribution >= 0.6 is 0 Å². The van der Waals surface area contributed by atoms with Gasteiger partial charge in [-0.05, 0) is 12.5 Å². The largest absolute Gasteiger partial charge is 0.506 e. The van der Waals surface area contributed by atoms with Crippen molar-refractivity contribution in [3.05, 3.63) is 24.0 Å². The third-order valence-electron chi connectivity index (χ3n) is 2.12. The number of rotatable bonds is 5. The maximum absolute atomic E-state index is 11.9. The van der Waals surface area contributed by atoms with Crippen molar-refractivity contribution in [2.45, 2.75) is 13.3 Å². The molecule has 0 fully saturated rings. The molecule has 0 bridgehead atoms. The molecule has 88 valence electrons. The van der Waals surface area contributed by atoms with E-state index in [1.807, 2.05) is 6.92 Å². The van der Waals surface area contributed by atoms with Crippen LogP contribution in [0, 0.1) is 0 Å². The first kappa shape index (κ1) is 12.4. The molecule has 5 heteroatoms. The minimum Gasteiger partial charge on any atom is -0.506 e. The van der Waals surface area contributed by atoms with Crippen LogP contribution in [0.2, 0.25) is 0 Å². The molecular formula is C11H16N2O3. The zero-order valence-corrected chi connectivity index (χ0v) is 9.26. The zero-order chi connectivity index (χ0) is 12.0. The summed E-state index contributed by atoms with van der Waals surface area (Å²) in [6, 6.07) is 1.37. The number of aliphatic hydroxyl groups is 1. The molecule has 16 heavy (non-hydrogen) atoms. The van der Waals surface area contributed by atoms with E-state index in [-0.39, 0.29) is 18.3 Å². The molecule has 0 atom stereocenters. The molecule has 0 radical (unpaired) electrons. The fraction of sp³-hybridized carbons (Fsp3) is 0.455. The molecule has 5 nitrogen and oxygen atoms in total. The van der Waals surface area contributed by atoms with E-state index >= 15 is 0 Å². The second kappa shape index (κ2) is 6.07. The lowest BCUT2D eigenvalue weighted by molar-refractivity contribution is 0.0721. The van der Waals surface area contributed by atoms with Gasteiger partial charge in [0.1, 0.15) is 5.75 Å². The quantitative estimate of drug-likeness (QED) is 0.769. The minimum atomic E-state index is -0.223. The Kier molecular flexibility index (Phi) is 4.72. The SMILES string of the molecule is CCCN(CCO)C(=O)c1cncc(O)c1. The summed E-state index contributed by atoms with van der Waals surface area (Å²) in [5, 5.41) is 18.1. The molecule has 0 aromatic carbocycles. The van der Waals surface area contributed by atoms with E-state index in [1.54, 1.807) is 0 Å². The standard InChI is InChI=1S/C11H16N2O3/c1-2-3-13(4-5-14)11(16)9-6-10(15)8-12-7-9/h6-8,14-15H,2-5H2,1H3. The van der Waals surface area contributed by atoms with E-state index in [2.05, 4.69) is 4.98 Å². The van der Waals surface area contributed by atoms with Crippen LogP contribution in [0.15, 0.2) is 18.5 Å². The summed E-state index contributed by atoms with van der Waals surface area (Å²) >= 11 is 0. The van der Waals surface area contributed by atoms with E-state index in [9.17, 15) is 9.90 Å². The molecule has 0 saturated carbocycles. The van der Waals surface area contributed by atoms with Crippen LogP contribution in [0.1, 0.15) is 23.7 Å². The highest BCUT2D eigenvalue weighted by atomic mass is 16.3. The average Bonchev–Trinajstić information content (AvgIpc) is 2.28. The van der Waals surface area contributed by atoms with Gasteiger partial charge in [-0.15, -0.1) is 0 Å². The number of hydrogen-bond acceptors (Lipinski definition) is 4. The van der Waals surface area contributed by atoms with Crippen LogP contribution in [0.5, 0.6) is 5.75 Å². The fourth-order valence-corrected chi connectivity index (χ4v) is 1.43. The van der Waals surface area contributed by atoms with Crippen LogP contribution < -0.4 is 0 Å². The van der Waals surface area contributed by atoms with Crippen molar-refractivity contribution in [1.82, 2.24) is 9.88 Å². The number of carbonyl (C=O) groups is 1. The van der Waals surface area contributed by atoms with Crippen molar-refractivity contribution in [2.24, 2.45) is 0 Å². The number of aromatic nitrogens is 1. The fourth-order valence-electron chi connectivity index (χ4n) is 1.43. The molecule has 0 unspecified atom stereocenters. The van der Waals surface area contributed by atoms with Crippen LogP contribution in [0.4, 0.5) is 0 Å². The van der Waals surface area contributed by atoms with Crippen molar-refractivity contribution >= 4 is 5.91 Å². The highest BCUT2D eigenvalue weighted by molar-refractivity contribution is 5.94. The van der Waals surface area contributed by atoms with Crippen LogP contribution in [-0.2, 0) is 0 Å². The summed E-state index contributed by atoms with van der Waals surface area (Å²) in [4.78, 5) is 17.2. The Hall–Kier alpha value is -1.62. The molecule has 0 aliphatic rings. The smallest absolute Gasteiger partial charge is 0.255 e. The zero-order valence-electron chi connectivity index (χ0n) is 9.26. The average molecular weight is 224 g/mol. The molecule has 0 saturated heterocycles. The van der Waals surface area contributed by atoms with Gasteiger partial charge in [0.05, 0.1) is 18.4 Å². The summed E-state index contributed by atoms with van der Waals surface area (Å²) in [5.74, 6) is -0.259. The van der Waals surface area contributed by atoms with Gasteiger partial charge in [-0.3, -0.25) is 9.78 Å². The first-order chi connectivity index (χ1) is 7.69.